The van der Waals surface area contributed by atoms with Crippen LogP contribution in [-0.2, 0) is 9.47 Å². The van der Waals surface area contributed by atoms with Crippen molar-refractivity contribution in [3.63, 3.8) is 0 Å². The van der Waals surface area contributed by atoms with Crippen molar-refractivity contribution in [2.75, 3.05) is 65.6 Å². The highest BCUT2D eigenvalue weighted by Gasteiger charge is 2.30. The predicted octanol–water partition coefficient (Wildman–Crippen LogP) is 0.655. The summed E-state index contributed by atoms with van der Waals surface area (Å²) in [5.74, 6) is 0. The fourth-order valence-corrected chi connectivity index (χ4v) is 2.79. The van der Waals surface area contributed by atoms with Gasteiger partial charge in [-0.25, -0.2) is 14.4 Å². The number of ether oxygens (including phenoxy) is 2. The van der Waals surface area contributed by atoms with Crippen LogP contribution in [0.4, 0.5) is 14.4 Å². The molecule has 136 valence electrons. The number of carbonyl (C=O) groups excluding carboxylic acids is 3. The molecule has 2 rings (SSSR count). The van der Waals surface area contributed by atoms with Gasteiger partial charge in [-0.05, 0) is 13.8 Å². The number of urea groups is 1. The number of hydrogen-bond acceptors (Lipinski definition) is 5. The number of carbonyl (C=O) groups is 3. The van der Waals surface area contributed by atoms with Crippen LogP contribution < -0.4 is 0 Å². The van der Waals surface area contributed by atoms with Crippen LogP contribution in [0.25, 0.3) is 0 Å². The number of nitrogens with zero attached hydrogens (tertiary/aromatic N) is 4. The molecular weight excluding hydrogens is 316 g/mol. The number of rotatable bonds is 2. The molecule has 24 heavy (non-hydrogen) atoms. The molecule has 9 heteroatoms. The summed E-state index contributed by atoms with van der Waals surface area (Å²) >= 11 is 0. The molecule has 2 aliphatic heterocycles. The van der Waals surface area contributed by atoms with Gasteiger partial charge in [-0.1, -0.05) is 0 Å². The lowest BCUT2D eigenvalue weighted by Gasteiger charge is -2.40. The van der Waals surface area contributed by atoms with E-state index in [2.05, 4.69) is 0 Å². The van der Waals surface area contributed by atoms with Crippen molar-refractivity contribution in [1.82, 2.24) is 19.6 Å². The molecule has 0 bridgehead atoms. The molecule has 0 radical (unpaired) electrons. The summed E-state index contributed by atoms with van der Waals surface area (Å²) in [5, 5.41) is 0. The Kier molecular flexibility index (Phi) is 6.51. The zero-order chi connectivity index (χ0) is 17.5. The summed E-state index contributed by atoms with van der Waals surface area (Å²) in [7, 11) is 0. The van der Waals surface area contributed by atoms with E-state index in [0.717, 1.165) is 0 Å². The first-order valence-corrected chi connectivity index (χ1v) is 8.44. The third-order valence-electron chi connectivity index (χ3n) is 4.15. The minimum atomic E-state index is -0.326. The SMILES string of the molecule is CCOC(=O)N1CCN(C(=O)N2CCN(C(=O)OCC)CC2)CC1. The molecule has 0 aromatic rings. The van der Waals surface area contributed by atoms with Crippen LogP contribution in [0.15, 0.2) is 0 Å². The van der Waals surface area contributed by atoms with Crippen LogP contribution >= 0.6 is 0 Å². The van der Waals surface area contributed by atoms with Crippen molar-refractivity contribution in [2.45, 2.75) is 13.8 Å². The highest BCUT2D eigenvalue weighted by atomic mass is 16.6. The second kappa shape index (κ2) is 8.60. The second-order valence-corrected chi connectivity index (χ2v) is 5.63. The van der Waals surface area contributed by atoms with Crippen LogP contribution in [0.2, 0.25) is 0 Å². The van der Waals surface area contributed by atoms with E-state index in [0.29, 0.717) is 65.6 Å². The normalized spacial score (nSPS) is 18.4. The van der Waals surface area contributed by atoms with E-state index < -0.39 is 0 Å². The third kappa shape index (κ3) is 4.42. The topological polar surface area (TPSA) is 82.6 Å². The third-order valence-corrected chi connectivity index (χ3v) is 4.15. The maximum atomic E-state index is 12.5. The van der Waals surface area contributed by atoms with Crippen molar-refractivity contribution in [3.8, 4) is 0 Å². The summed E-state index contributed by atoms with van der Waals surface area (Å²) in [6.07, 6.45) is -0.653. The summed E-state index contributed by atoms with van der Waals surface area (Å²) in [5.41, 5.74) is 0. The fourth-order valence-electron chi connectivity index (χ4n) is 2.79. The van der Waals surface area contributed by atoms with E-state index in [1.165, 1.54) is 0 Å². The Labute approximate surface area is 142 Å². The Morgan fingerprint density at radius 1 is 0.625 bits per heavy atom. The minimum Gasteiger partial charge on any atom is -0.450 e. The Bertz CT molecular complexity index is 417. The lowest BCUT2D eigenvalue weighted by Crippen LogP contribution is -2.58. The molecule has 0 saturated carbocycles. The Hall–Kier alpha value is -2.19. The van der Waals surface area contributed by atoms with Crippen molar-refractivity contribution >= 4 is 18.2 Å². The van der Waals surface area contributed by atoms with Crippen LogP contribution in [0.3, 0.4) is 0 Å². The molecule has 9 nitrogen and oxygen atoms in total. The molecule has 4 amide bonds. The highest BCUT2D eigenvalue weighted by molar-refractivity contribution is 5.76. The lowest BCUT2D eigenvalue weighted by atomic mass is 10.3. The summed E-state index contributed by atoms with van der Waals surface area (Å²) in [6, 6.07) is -0.0398. The van der Waals surface area contributed by atoms with Crippen molar-refractivity contribution < 1.29 is 23.9 Å². The Balaban J connectivity index is 1.76. The van der Waals surface area contributed by atoms with Crippen molar-refractivity contribution in [1.29, 1.82) is 0 Å². The van der Waals surface area contributed by atoms with Crippen molar-refractivity contribution in [2.24, 2.45) is 0 Å². The Morgan fingerprint density at radius 2 is 0.917 bits per heavy atom. The van der Waals surface area contributed by atoms with Gasteiger partial charge in [0.1, 0.15) is 0 Å². The van der Waals surface area contributed by atoms with Crippen LogP contribution in [0.5, 0.6) is 0 Å². The van der Waals surface area contributed by atoms with E-state index in [-0.39, 0.29) is 18.2 Å². The first-order chi connectivity index (χ1) is 11.6. The minimum absolute atomic E-state index is 0.0398. The maximum Gasteiger partial charge on any atom is 0.409 e. The summed E-state index contributed by atoms with van der Waals surface area (Å²) < 4.78 is 9.94. The Morgan fingerprint density at radius 3 is 1.21 bits per heavy atom. The molecule has 0 N–H and O–H groups in total. The summed E-state index contributed by atoms with van der Waals surface area (Å²) in [4.78, 5) is 42.6. The zero-order valence-electron chi connectivity index (χ0n) is 14.4. The van der Waals surface area contributed by atoms with E-state index in [4.69, 9.17) is 9.47 Å². The average Bonchev–Trinajstić information content (AvgIpc) is 2.62. The molecular formula is C15H26N4O5. The standard InChI is InChI=1S/C15H26N4O5/c1-3-23-14(21)18-9-5-16(6-10-18)13(20)17-7-11-19(12-8-17)15(22)24-4-2/h3-12H2,1-2H3. The predicted molar refractivity (Wildman–Crippen MR) is 85.7 cm³/mol. The van der Waals surface area contributed by atoms with Crippen LogP contribution in [0.1, 0.15) is 13.8 Å². The lowest BCUT2D eigenvalue weighted by molar-refractivity contribution is 0.0652. The monoisotopic (exact) mass is 342 g/mol. The summed E-state index contributed by atoms with van der Waals surface area (Å²) in [6.45, 7) is 8.14. The molecule has 2 heterocycles. The van der Waals surface area contributed by atoms with Gasteiger partial charge in [-0.2, -0.15) is 0 Å². The van der Waals surface area contributed by atoms with Gasteiger partial charge < -0.3 is 29.1 Å². The van der Waals surface area contributed by atoms with Gasteiger partial charge in [0.25, 0.3) is 0 Å². The van der Waals surface area contributed by atoms with Gasteiger partial charge in [0, 0.05) is 52.4 Å². The smallest absolute Gasteiger partial charge is 0.409 e. The van der Waals surface area contributed by atoms with Gasteiger partial charge in [-0.3, -0.25) is 0 Å². The fraction of sp³-hybridized carbons (Fsp3) is 0.800. The van der Waals surface area contributed by atoms with E-state index in [9.17, 15) is 14.4 Å². The molecule has 0 aliphatic carbocycles. The number of amides is 4. The molecule has 0 unspecified atom stereocenters. The molecule has 2 fully saturated rings. The van der Waals surface area contributed by atoms with Gasteiger partial charge in [0.05, 0.1) is 13.2 Å². The van der Waals surface area contributed by atoms with Crippen molar-refractivity contribution in [3.05, 3.63) is 0 Å². The molecule has 2 saturated heterocycles. The molecule has 0 atom stereocenters. The molecule has 2 aliphatic rings. The first-order valence-electron chi connectivity index (χ1n) is 8.44. The average molecular weight is 342 g/mol. The second-order valence-electron chi connectivity index (χ2n) is 5.63. The van der Waals surface area contributed by atoms with E-state index in [1.807, 2.05) is 0 Å². The highest BCUT2D eigenvalue weighted by Crippen LogP contribution is 2.10. The van der Waals surface area contributed by atoms with E-state index in [1.54, 1.807) is 33.4 Å². The quantitative estimate of drug-likeness (QED) is 0.736. The molecule has 0 aromatic carbocycles. The largest absolute Gasteiger partial charge is 0.450 e. The molecule has 0 spiro atoms. The van der Waals surface area contributed by atoms with Gasteiger partial charge in [0.15, 0.2) is 0 Å². The van der Waals surface area contributed by atoms with Gasteiger partial charge >= 0.3 is 18.2 Å². The number of piperazine rings is 2. The number of hydrogen-bond donors (Lipinski definition) is 0. The zero-order valence-corrected chi connectivity index (χ0v) is 14.4. The van der Waals surface area contributed by atoms with Crippen LogP contribution in [0, 0.1) is 0 Å². The van der Waals surface area contributed by atoms with E-state index >= 15 is 0 Å². The maximum absolute atomic E-state index is 12.5. The first kappa shape index (κ1) is 18.2. The van der Waals surface area contributed by atoms with Gasteiger partial charge in [-0.15, -0.1) is 0 Å². The van der Waals surface area contributed by atoms with Gasteiger partial charge in [0.2, 0.25) is 0 Å². The molecule has 0 aromatic heterocycles. The van der Waals surface area contributed by atoms with Crippen LogP contribution in [-0.4, -0.2) is 103 Å².